The maximum Gasteiger partial charge on any atom is 0.433 e. The van der Waals surface area contributed by atoms with Gasteiger partial charge in [0.1, 0.15) is 11.5 Å². The quantitative estimate of drug-likeness (QED) is 0.464. The van der Waals surface area contributed by atoms with Crippen molar-refractivity contribution in [1.29, 1.82) is 0 Å². The molecular formula is C26H33F6N3O3. The van der Waals surface area contributed by atoms with Crippen LogP contribution in [-0.2, 0) is 20.4 Å². The minimum absolute atomic E-state index is 0.00681. The number of methoxy groups -OCH3 is 1. The second kappa shape index (κ2) is 10.1. The number of alkyl halides is 6. The second-order valence-corrected chi connectivity index (χ2v) is 11.3. The van der Waals surface area contributed by atoms with Crippen LogP contribution in [0.2, 0.25) is 0 Å². The third kappa shape index (κ3) is 5.48. The number of ether oxygens (including phenoxy) is 2. The molecule has 0 N–H and O–H groups in total. The van der Waals surface area contributed by atoms with Gasteiger partial charge >= 0.3 is 12.4 Å². The smallest absolute Gasteiger partial charge is 0.379 e. The zero-order valence-electron chi connectivity index (χ0n) is 21.2. The molecule has 0 aromatic carbocycles. The molecule has 38 heavy (non-hydrogen) atoms. The Labute approximate surface area is 217 Å². The fourth-order valence-corrected chi connectivity index (χ4v) is 7.21. The number of carbonyl (C=O) groups is 1. The summed E-state index contributed by atoms with van der Waals surface area (Å²) in [4.78, 5) is 20.9. The monoisotopic (exact) mass is 549 g/mol. The zero-order valence-corrected chi connectivity index (χ0v) is 21.2. The molecule has 212 valence electrons. The van der Waals surface area contributed by atoms with Crippen molar-refractivity contribution in [2.75, 3.05) is 38.3 Å². The Hall–Kier alpha value is -2.08. The number of halogens is 6. The lowest BCUT2D eigenvalue weighted by Crippen LogP contribution is -2.54. The van der Waals surface area contributed by atoms with Crippen molar-refractivity contribution in [3.8, 4) is 0 Å². The molecule has 6 nitrogen and oxygen atoms in total. The molecule has 12 heteroatoms. The number of aromatic nitrogens is 1. The number of fused-ring (bicyclic) bond motifs is 2. The van der Waals surface area contributed by atoms with Crippen LogP contribution in [-0.4, -0.2) is 73.6 Å². The lowest BCUT2D eigenvalue weighted by atomic mass is 9.78. The van der Waals surface area contributed by atoms with Crippen LogP contribution in [0, 0.1) is 17.3 Å². The number of likely N-dealkylation sites (tertiary alicyclic amines) is 1. The Kier molecular flexibility index (Phi) is 7.34. The molecule has 4 heterocycles. The number of rotatable bonds is 6. The van der Waals surface area contributed by atoms with E-state index in [1.165, 1.54) is 12.1 Å². The van der Waals surface area contributed by atoms with Gasteiger partial charge in [0.15, 0.2) is 0 Å². The third-order valence-electron chi connectivity index (χ3n) is 8.90. The highest BCUT2D eigenvalue weighted by Gasteiger charge is 2.57. The average molecular weight is 550 g/mol. The standard InChI is InChI=1S/C26H33F6N3O3/c1-37-20-14-38-8-6-17(20)9-16-5-7-24(11-16,15-25(27,28)29)23(36)35-13-18-10-19(35)12-34(18)22-4-2-3-21(33-22)26(30,31)32/h2-4,16-20H,5-15H2,1H3/t16-,17+,18-,19-,20+,24-/m0/s1. The van der Waals surface area contributed by atoms with Crippen LogP contribution in [0.15, 0.2) is 18.2 Å². The van der Waals surface area contributed by atoms with Gasteiger partial charge in [-0.05, 0) is 62.5 Å². The number of anilines is 1. The lowest BCUT2D eigenvalue weighted by molar-refractivity contribution is -0.175. The summed E-state index contributed by atoms with van der Waals surface area (Å²) in [5.74, 6) is -0.106. The van der Waals surface area contributed by atoms with Crippen LogP contribution in [0.25, 0.3) is 0 Å². The van der Waals surface area contributed by atoms with Crippen LogP contribution in [0.5, 0.6) is 0 Å². The number of pyridine rings is 1. The summed E-state index contributed by atoms with van der Waals surface area (Å²) in [5, 5.41) is 0. The Morgan fingerprint density at radius 1 is 1.16 bits per heavy atom. The first-order valence-electron chi connectivity index (χ1n) is 13.2. The predicted molar refractivity (Wildman–Crippen MR) is 125 cm³/mol. The van der Waals surface area contributed by atoms with E-state index in [2.05, 4.69) is 4.98 Å². The van der Waals surface area contributed by atoms with Gasteiger partial charge < -0.3 is 19.3 Å². The SMILES string of the molecule is CO[C@@H]1COCC[C@@H]1C[C@@H]1CC[C@](CC(F)(F)F)(C(=O)N2C[C@@H]3C[C@H]2CN3c2cccc(C(F)(F)F)n2)C1. The molecule has 4 aliphatic rings. The fourth-order valence-electron chi connectivity index (χ4n) is 7.21. The first-order chi connectivity index (χ1) is 17.9. The first-order valence-corrected chi connectivity index (χ1v) is 13.2. The number of carbonyl (C=O) groups excluding carboxylic acids is 1. The number of hydrogen-bond acceptors (Lipinski definition) is 5. The van der Waals surface area contributed by atoms with E-state index in [0.29, 0.717) is 32.5 Å². The van der Waals surface area contributed by atoms with Gasteiger partial charge in [0.2, 0.25) is 5.91 Å². The van der Waals surface area contributed by atoms with Crippen molar-refractivity contribution < 1.29 is 40.6 Å². The Balaban J connectivity index is 1.29. The van der Waals surface area contributed by atoms with Gasteiger partial charge in [0, 0.05) is 26.8 Å². The van der Waals surface area contributed by atoms with E-state index < -0.39 is 35.8 Å². The van der Waals surface area contributed by atoms with Gasteiger partial charge in [-0.2, -0.15) is 26.3 Å². The summed E-state index contributed by atoms with van der Waals surface area (Å²) in [6.45, 7) is 1.51. The average Bonchev–Trinajstić information content (AvgIpc) is 3.58. The third-order valence-corrected chi connectivity index (χ3v) is 8.90. The van der Waals surface area contributed by atoms with Crippen molar-refractivity contribution in [2.45, 2.75) is 75.5 Å². The summed E-state index contributed by atoms with van der Waals surface area (Å²) in [6.07, 6.45) is -7.38. The number of nitrogens with zero attached hydrogens (tertiary/aromatic N) is 3. The van der Waals surface area contributed by atoms with Crippen LogP contribution in [0.1, 0.15) is 50.6 Å². The van der Waals surface area contributed by atoms with E-state index in [-0.39, 0.29) is 61.8 Å². The van der Waals surface area contributed by atoms with Crippen molar-refractivity contribution in [2.24, 2.45) is 17.3 Å². The molecule has 2 bridgehead atoms. The minimum Gasteiger partial charge on any atom is -0.379 e. The molecule has 1 aromatic rings. The Morgan fingerprint density at radius 2 is 1.95 bits per heavy atom. The van der Waals surface area contributed by atoms with Gasteiger partial charge in [-0.3, -0.25) is 4.79 Å². The van der Waals surface area contributed by atoms with Crippen molar-refractivity contribution >= 4 is 11.7 Å². The van der Waals surface area contributed by atoms with Crippen molar-refractivity contribution in [3.63, 3.8) is 0 Å². The zero-order chi connectivity index (χ0) is 27.3. The Bertz CT molecular complexity index is 1020. The Morgan fingerprint density at radius 3 is 2.61 bits per heavy atom. The highest BCUT2D eigenvalue weighted by Crippen LogP contribution is 2.53. The largest absolute Gasteiger partial charge is 0.433 e. The molecule has 1 saturated carbocycles. The summed E-state index contributed by atoms with van der Waals surface area (Å²) >= 11 is 0. The normalized spacial score (nSPS) is 33.8. The lowest BCUT2D eigenvalue weighted by Gasteiger charge is -2.40. The number of piperazine rings is 1. The van der Waals surface area contributed by atoms with Crippen LogP contribution < -0.4 is 4.90 Å². The van der Waals surface area contributed by atoms with E-state index in [1.807, 2.05) is 0 Å². The number of amides is 1. The van der Waals surface area contributed by atoms with Gasteiger partial charge in [0.25, 0.3) is 0 Å². The van der Waals surface area contributed by atoms with Gasteiger partial charge in [-0.1, -0.05) is 6.07 Å². The fraction of sp³-hybridized carbons (Fsp3) is 0.769. The van der Waals surface area contributed by atoms with E-state index in [4.69, 9.17) is 9.47 Å². The molecule has 6 atom stereocenters. The van der Waals surface area contributed by atoms with E-state index in [0.717, 1.165) is 12.5 Å². The molecule has 3 saturated heterocycles. The molecule has 0 unspecified atom stereocenters. The van der Waals surface area contributed by atoms with E-state index >= 15 is 0 Å². The minimum atomic E-state index is -4.58. The molecule has 3 aliphatic heterocycles. The van der Waals surface area contributed by atoms with Crippen molar-refractivity contribution in [1.82, 2.24) is 9.88 Å². The van der Waals surface area contributed by atoms with E-state index in [1.54, 1.807) is 16.9 Å². The summed E-state index contributed by atoms with van der Waals surface area (Å²) < 4.78 is 91.8. The maximum absolute atomic E-state index is 13.8. The van der Waals surface area contributed by atoms with Gasteiger partial charge in [-0.25, -0.2) is 4.98 Å². The van der Waals surface area contributed by atoms with Crippen molar-refractivity contribution in [3.05, 3.63) is 23.9 Å². The molecule has 0 radical (unpaired) electrons. The molecule has 1 amide bonds. The highest BCUT2D eigenvalue weighted by atomic mass is 19.4. The molecule has 4 fully saturated rings. The molecule has 0 spiro atoms. The maximum atomic E-state index is 13.8. The van der Waals surface area contributed by atoms with Gasteiger partial charge in [-0.15, -0.1) is 0 Å². The number of hydrogen-bond donors (Lipinski definition) is 0. The summed E-state index contributed by atoms with van der Waals surface area (Å²) in [5.41, 5.74) is -2.49. The summed E-state index contributed by atoms with van der Waals surface area (Å²) in [7, 11) is 1.61. The van der Waals surface area contributed by atoms with Crippen LogP contribution >= 0.6 is 0 Å². The topological polar surface area (TPSA) is 54.9 Å². The predicted octanol–water partition coefficient (Wildman–Crippen LogP) is 5.07. The molecule has 1 aliphatic carbocycles. The van der Waals surface area contributed by atoms with Crippen LogP contribution in [0.3, 0.4) is 0 Å². The molecule has 1 aromatic heterocycles. The molecular weight excluding hydrogens is 516 g/mol. The second-order valence-electron chi connectivity index (χ2n) is 11.3. The van der Waals surface area contributed by atoms with E-state index in [9.17, 15) is 31.1 Å². The molecule has 5 rings (SSSR count). The highest BCUT2D eigenvalue weighted by molar-refractivity contribution is 5.84. The first kappa shape index (κ1) is 27.5. The summed E-state index contributed by atoms with van der Waals surface area (Å²) in [6, 6.07) is 3.08. The van der Waals surface area contributed by atoms with Gasteiger partial charge in [0.05, 0.1) is 36.6 Å². The van der Waals surface area contributed by atoms with Crippen LogP contribution in [0.4, 0.5) is 32.2 Å².